The van der Waals surface area contributed by atoms with Crippen LogP contribution in [0.5, 0.6) is 0 Å². The fourth-order valence-electron chi connectivity index (χ4n) is 3.80. The second-order valence-corrected chi connectivity index (χ2v) is 7.43. The number of benzene rings is 1. The predicted octanol–water partition coefficient (Wildman–Crippen LogP) is 1.86. The maximum Gasteiger partial charge on any atom is 0.258 e. The second-order valence-electron chi connectivity index (χ2n) is 7.43. The van der Waals surface area contributed by atoms with Gasteiger partial charge in [-0.25, -0.2) is 9.97 Å². The van der Waals surface area contributed by atoms with Crippen LogP contribution in [0.1, 0.15) is 24.7 Å². The van der Waals surface area contributed by atoms with Crippen LogP contribution in [-0.2, 0) is 11.2 Å². The van der Waals surface area contributed by atoms with E-state index in [-0.39, 0.29) is 17.5 Å². The van der Waals surface area contributed by atoms with Gasteiger partial charge in [-0.3, -0.25) is 9.59 Å². The number of hydrogen-bond donors (Lipinski definition) is 1. The highest BCUT2D eigenvalue weighted by Crippen LogP contribution is 2.18. The first kappa shape index (κ1) is 19.6. The van der Waals surface area contributed by atoms with Gasteiger partial charge in [-0.05, 0) is 31.2 Å². The Morgan fingerprint density at radius 2 is 2.10 bits per heavy atom. The monoisotopic (exact) mass is 402 g/mol. The minimum atomic E-state index is -0.181. The Hall–Kier alpha value is -3.73. The van der Waals surface area contributed by atoms with Gasteiger partial charge in [-0.2, -0.15) is 5.26 Å². The standard InChI is InChI=1S/C22H22N6O2/c1-15-14-27(20-8-6-16(12-23)13-24-20)10-11-28(15)21(29)9-7-19-25-18-5-3-2-4-17(18)22(30)26-19/h2-6,8,13,15H,7,9-11,14H2,1H3,(H,25,26,30)/t15-/m1/s1. The normalized spacial score (nSPS) is 16.5. The van der Waals surface area contributed by atoms with Crippen LogP contribution in [0.4, 0.5) is 5.82 Å². The number of H-pyrrole nitrogens is 1. The third-order valence-electron chi connectivity index (χ3n) is 5.39. The first-order chi connectivity index (χ1) is 14.5. The maximum absolute atomic E-state index is 12.8. The van der Waals surface area contributed by atoms with E-state index in [1.165, 1.54) is 0 Å². The number of nitriles is 1. The number of aromatic amines is 1. The summed E-state index contributed by atoms with van der Waals surface area (Å²) in [6.45, 7) is 3.98. The molecule has 152 valence electrons. The Morgan fingerprint density at radius 1 is 1.27 bits per heavy atom. The molecule has 0 radical (unpaired) electrons. The predicted molar refractivity (Wildman–Crippen MR) is 113 cm³/mol. The molecule has 1 fully saturated rings. The van der Waals surface area contributed by atoms with E-state index >= 15 is 0 Å². The number of piperazine rings is 1. The number of para-hydroxylation sites is 1. The highest BCUT2D eigenvalue weighted by molar-refractivity contribution is 5.78. The third-order valence-corrected chi connectivity index (χ3v) is 5.39. The lowest BCUT2D eigenvalue weighted by atomic mass is 10.1. The largest absolute Gasteiger partial charge is 0.353 e. The van der Waals surface area contributed by atoms with Gasteiger partial charge in [0.1, 0.15) is 17.7 Å². The molecule has 1 aliphatic rings. The van der Waals surface area contributed by atoms with Crippen LogP contribution in [0, 0.1) is 11.3 Å². The zero-order valence-electron chi connectivity index (χ0n) is 16.7. The molecule has 8 heteroatoms. The minimum Gasteiger partial charge on any atom is -0.353 e. The molecule has 1 N–H and O–H groups in total. The van der Waals surface area contributed by atoms with Crippen LogP contribution < -0.4 is 10.5 Å². The maximum atomic E-state index is 12.8. The van der Waals surface area contributed by atoms with Crippen LogP contribution in [-0.4, -0.2) is 51.4 Å². The summed E-state index contributed by atoms with van der Waals surface area (Å²) in [4.78, 5) is 40.6. The van der Waals surface area contributed by atoms with Gasteiger partial charge in [0.25, 0.3) is 5.56 Å². The third kappa shape index (κ3) is 4.01. The van der Waals surface area contributed by atoms with Gasteiger partial charge in [0, 0.05) is 44.7 Å². The lowest BCUT2D eigenvalue weighted by Gasteiger charge is -2.40. The highest BCUT2D eigenvalue weighted by Gasteiger charge is 2.27. The van der Waals surface area contributed by atoms with Gasteiger partial charge in [0.2, 0.25) is 5.91 Å². The van der Waals surface area contributed by atoms with Crippen LogP contribution in [0.2, 0.25) is 0 Å². The van der Waals surface area contributed by atoms with Gasteiger partial charge in [-0.1, -0.05) is 12.1 Å². The van der Waals surface area contributed by atoms with Crippen molar-refractivity contribution in [1.29, 1.82) is 5.26 Å². The number of carbonyl (C=O) groups is 1. The highest BCUT2D eigenvalue weighted by atomic mass is 16.2. The number of carbonyl (C=O) groups excluding carboxylic acids is 1. The molecular weight excluding hydrogens is 380 g/mol. The summed E-state index contributed by atoms with van der Waals surface area (Å²) in [6, 6.07) is 12.9. The van der Waals surface area contributed by atoms with Crippen molar-refractivity contribution < 1.29 is 4.79 Å². The number of pyridine rings is 1. The van der Waals surface area contributed by atoms with E-state index in [0.29, 0.717) is 54.8 Å². The Kier molecular flexibility index (Phi) is 5.44. The summed E-state index contributed by atoms with van der Waals surface area (Å²) in [6.07, 6.45) is 2.25. The van der Waals surface area contributed by atoms with Crippen LogP contribution >= 0.6 is 0 Å². The van der Waals surface area contributed by atoms with E-state index in [1.54, 1.807) is 30.5 Å². The van der Waals surface area contributed by atoms with E-state index < -0.39 is 0 Å². The van der Waals surface area contributed by atoms with Gasteiger partial charge < -0.3 is 14.8 Å². The second kappa shape index (κ2) is 8.33. The number of fused-ring (bicyclic) bond motifs is 1. The number of nitrogens with one attached hydrogen (secondary N) is 1. The lowest BCUT2D eigenvalue weighted by Crippen LogP contribution is -2.54. The van der Waals surface area contributed by atoms with E-state index in [9.17, 15) is 9.59 Å². The van der Waals surface area contributed by atoms with Crippen molar-refractivity contribution >= 4 is 22.6 Å². The van der Waals surface area contributed by atoms with Crippen molar-refractivity contribution in [1.82, 2.24) is 19.9 Å². The number of hydrogen-bond acceptors (Lipinski definition) is 6. The molecule has 0 saturated carbocycles. The number of aromatic nitrogens is 3. The molecule has 3 heterocycles. The molecule has 3 aromatic rings. The summed E-state index contributed by atoms with van der Waals surface area (Å²) >= 11 is 0. The Balaban J connectivity index is 1.37. The van der Waals surface area contributed by atoms with Crippen molar-refractivity contribution in [2.24, 2.45) is 0 Å². The van der Waals surface area contributed by atoms with E-state index in [2.05, 4.69) is 25.9 Å². The van der Waals surface area contributed by atoms with Crippen molar-refractivity contribution in [2.45, 2.75) is 25.8 Å². The molecule has 1 atom stereocenters. The van der Waals surface area contributed by atoms with Crippen LogP contribution in [0.15, 0.2) is 47.4 Å². The lowest BCUT2D eigenvalue weighted by molar-refractivity contribution is -0.133. The molecule has 4 rings (SSSR count). The summed E-state index contributed by atoms with van der Waals surface area (Å²) in [7, 11) is 0. The van der Waals surface area contributed by atoms with Crippen LogP contribution in [0.3, 0.4) is 0 Å². The molecule has 0 unspecified atom stereocenters. The summed E-state index contributed by atoms with van der Waals surface area (Å²) in [5.74, 6) is 1.39. The quantitative estimate of drug-likeness (QED) is 0.714. The Labute approximate surface area is 173 Å². The number of rotatable bonds is 4. The molecule has 1 saturated heterocycles. The number of anilines is 1. The molecule has 0 aliphatic carbocycles. The fourth-order valence-corrected chi connectivity index (χ4v) is 3.80. The topological polar surface area (TPSA) is 106 Å². The van der Waals surface area contributed by atoms with Crippen molar-refractivity contribution in [3.05, 3.63) is 64.3 Å². The fraction of sp³-hybridized carbons (Fsp3) is 0.318. The molecule has 1 amide bonds. The molecule has 8 nitrogen and oxygen atoms in total. The number of amides is 1. The van der Waals surface area contributed by atoms with Crippen molar-refractivity contribution in [3.8, 4) is 6.07 Å². The average Bonchev–Trinajstić information content (AvgIpc) is 2.77. The van der Waals surface area contributed by atoms with Gasteiger partial charge in [0.15, 0.2) is 0 Å². The SMILES string of the molecule is C[C@@H]1CN(c2ccc(C#N)cn2)CCN1C(=O)CCc1nc2ccccc2c(=O)[nH]1. The molecule has 2 aromatic heterocycles. The number of nitrogens with zero attached hydrogens (tertiary/aromatic N) is 5. The molecule has 1 aromatic carbocycles. The summed E-state index contributed by atoms with van der Waals surface area (Å²) in [5.41, 5.74) is 0.987. The molecule has 0 spiro atoms. The van der Waals surface area contributed by atoms with E-state index in [4.69, 9.17) is 5.26 Å². The van der Waals surface area contributed by atoms with Gasteiger partial charge in [-0.15, -0.1) is 0 Å². The zero-order chi connectivity index (χ0) is 21.1. The summed E-state index contributed by atoms with van der Waals surface area (Å²) in [5, 5.41) is 9.45. The van der Waals surface area contributed by atoms with E-state index in [0.717, 1.165) is 5.82 Å². The Bertz CT molecular complexity index is 1160. The molecule has 0 bridgehead atoms. The molecule has 1 aliphatic heterocycles. The molecule has 30 heavy (non-hydrogen) atoms. The Morgan fingerprint density at radius 3 is 2.83 bits per heavy atom. The first-order valence-electron chi connectivity index (χ1n) is 9.93. The van der Waals surface area contributed by atoms with Gasteiger partial charge >= 0.3 is 0 Å². The number of aryl methyl sites for hydroxylation is 1. The molecular formula is C22H22N6O2. The van der Waals surface area contributed by atoms with Crippen molar-refractivity contribution in [3.63, 3.8) is 0 Å². The van der Waals surface area contributed by atoms with Gasteiger partial charge in [0.05, 0.1) is 16.5 Å². The van der Waals surface area contributed by atoms with E-state index in [1.807, 2.05) is 24.0 Å². The zero-order valence-corrected chi connectivity index (χ0v) is 16.7. The van der Waals surface area contributed by atoms with Crippen LogP contribution in [0.25, 0.3) is 10.9 Å². The minimum absolute atomic E-state index is 0.0345. The summed E-state index contributed by atoms with van der Waals surface area (Å²) < 4.78 is 0. The smallest absolute Gasteiger partial charge is 0.258 e. The first-order valence-corrected chi connectivity index (χ1v) is 9.93. The van der Waals surface area contributed by atoms with Crippen molar-refractivity contribution in [2.75, 3.05) is 24.5 Å². The average molecular weight is 402 g/mol.